The monoisotopic (exact) mass is 445 g/mol. The van der Waals surface area contributed by atoms with Gasteiger partial charge < -0.3 is 15.2 Å². The minimum absolute atomic E-state index is 0.148. The maximum absolute atomic E-state index is 13.1. The molecule has 1 aliphatic rings. The zero-order valence-corrected chi connectivity index (χ0v) is 18.7. The summed E-state index contributed by atoms with van der Waals surface area (Å²) in [5.41, 5.74) is 1.89. The smallest absolute Gasteiger partial charge is 0.259 e. The van der Waals surface area contributed by atoms with Gasteiger partial charge in [-0.05, 0) is 63.8 Å². The average Bonchev–Trinajstić information content (AvgIpc) is 3.42. The van der Waals surface area contributed by atoms with Gasteiger partial charge in [0.25, 0.3) is 5.91 Å². The maximum atomic E-state index is 13.1. The highest BCUT2D eigenvalue weighted by atomic mass is 16.3. The average molecular weight is 446 g/mol. The number of nitrogens with zero attached hydrogens (tertiary/aromatic N) is 4. The van der Waals surface area contributed by atoms with Gasteiger partial charge in [-0.25, -0.2) is 4.52 Å². The SMILES string of the molecule is CC(C)(O)c1cc2nn([C@H]3CC[C@H](C=O)CC3)cc2cc1NC(=O)c1cnn2ccccc12. The first-order valence-electron chi connectivity index (χ1n) is 11.3. The molecule has 0 aliphatic heterocycles. The number of aliphatic hydroxyl groups is 1. The van der Waals surface area contributed by atoms with Crippen molar-refractivity contribution in [2.24, 2.45) is 5.92 Å². The van der Waals surface area contributed by atoms with Gasteiger partial charge in [0.2, 0.25) is 0 Å². The molecular weight excluding hydrogens is 418 g/mol. The summed E-state index contributed by atoms with van der Waals surface area (Å²) >= 11 is 0. The van der Waals surface area contributed by atoms with Crippen molar-refractivity contribution in [1.29, 1.82) is 0 Å². The Kier molecular flexibility index (Phi) is 5.25. The van der Waals surface area contributed by atoms with Crippen LogP contribution in [0.3, 0.4) is 0 Å². The highest BCUT2D eigenvalue weighted by molar-refractivity contribution is 6.09. The van der Waals surface area contributed by atoms with Crippen LogP contribution < -0.4 is 5.32 Å². The zero-order valence-electron chi connectivity index (χ0n) is 18.7. The summed E-state index contributed by atoms with van der Waals surface area (Å²) in [6, 6.07) is 9.51. The molecular formula is C25H27N5O3. The lowest BCUT2D eigenvalue weighted by Crippen LogP contribution is -2.21. The molecule has 1 amide bonds. The molecule has 8 heteroatoms. The van der Waals surface area contributed by atoms with Gasteiger partial charge in [-0.15, -0.1) is 0 Å². The number of pyridine rings is 1. The second-order valence-electron chi connectivity index (χ2n) is 9.37. The summed E-state index contributed by atoms with van der Waals surface area (Å²) in [6.07, 6.45) is 9.95. The van der Waals surface area contributed by atoms with E-state index in [1.165, 1.54) is 0 Å². The Morgan fingerprint density at radius 1 is 1.21 bits per heavy atom. The van der Waals surface area contributed by atoms with Crippen molar-refractivity contribution in [2.75, 3.05) is 5.32 Å². The quantitative estimate of drug-likeness (QED) is 0.451. The van der Waals surface area contributed by atoms with Crippen molar-refractivity contribution < 1.29 is 14.7 Å². The fourth-order valence-electron chi connectivity index (χ4n) is 4.69. The summed E-state index contributed by atoms with van der Waals surface area (Å²) < 4.78 is 3.62. The van der Waals surface area contributed by atoms with Gasteiger partial charge in [-0.2, -0.15) is 10.2 Å². The van der Waals surface area contributed by atoms with Crippen molar-refractivity contribution in [2.45, 2.75) is 51.2 Å². The van der Waals surface area contributed by atoms with Gasteiger partial charge in [0, 0.05) is 34.9 Å². The van der Waals surface area contributed by atoms with Crippen molar-refractivity contribution in [3.8, 4) is 0 Å². The van der Waals surface area contributed by atoms with Crippen LogP contribution in [0.4, 0.5) is 5.69 Å². The van der Waals surface area contributed by atoms with Crippen LogP contribution in [0.5, 0.6) is 0 Å². The third kappa shape index (κ3) is 4.02. The van der Waals surface area contributed by atoms with Crippen LogP contribution in [0.25, 0.3) is 16.4 Å². The van der Waals surface area contributed by atoms with Gasteiger partial charge >= 0.3 is 0 Å². The maximum Gasteiger partial charge on any atom is 0.259 e. The standard InChI is InChI=1S/C25H27N5O3/c1-25(2,33)20-12-21-17(14-30(28-21)18-8-6-16(15-31)7-9-18)11-22(20)27-24(32)19-13-26-29-10-4-3-5-23(19)29/h3-5,10-16,18,33H,6-9H2,1-2H3,(H,27,32)/t16-,18-. The van der Waals surface area contributed by atoms with E-state index in [4.69, 9.17) is 5.10 Å². The first kappa shape index (κ1) is 21.3. The van der Waals surface area contributed by atoms with E-state index in [9.17, 15) is 14.7 Å². The Morgan fingerprint density at radius 3 is 2.73 bits per heavy atom. The molecule has 33 heavy (non-hydrogen) atoms. The number of benzene rings is 1. The highest BCUT2D eigenvalue weighted by Gasteiger charge is 2.26. The minimum Gasteiger partial charge on any atom is -0.386 e. The number of rotatable bonds is 5. The molecule has 170 valence electrons. The largest absolute Gasteiger partial charge is 0.386 e. The number of aromatic nitrogens is 4. The number of carbonyl (C=O) groups is 2. The Morgan fingerprint density at radius 2 is 2.00 bits per heavy atom. The molecule has 1 aliphatic carbocycles. The molecule has 0 atom stereocenters. The molecule has 3 aromatic heterocycles. The number of amides is 1. The first-order valence-corrected chi connectivity index (χ1v) is 11.3. The van der Waals surface area contributed by atoms with Crippen LogP contribution in [0.15, 0.2) is 48.9 Å². The van der Waals surface area contributed by atoms with Gasteiger partial charge in [0.15, 0.2) is 0 Å². The number of aldehydes is 1. The van der Waals surface area contributed by atoms with Gasteiger partial charge in [-0.1, -0.05) is 6.07 Å². The molecule has 8 nitrogen and oxygen atoms in total. The summed E-state index contributed by atoms with van der Waals surface area (Å²) in [6.45, 7) is 3.38. The van der Waals surface area contributed by atoms with Crippen LogP contribution in [-0.2, 0) is 10.4 Å². The van der Waals surface area contributed by atoms with Crippen LogP contribution in [0.2, 0.25) is 0 Å². The molecule has 0 saturated heterocycles. The van der Waals surface area contributed by atoms with E-state index in [0.717, 1.165) is 42.9 Å². The van der Waals surface area contributed by atoms with Crippen molar-refractivity contribution >= 4 is 34.3 Å². The molecule has 2 N–H and O–H groups in total. The van der Waals surface area contributed by atoms with Crippen molar-refractivity contribution in [3.05, 3.63) is 60.0 Å². The van der Waals surface area contributed by atoms with E-state index in [1.807, 2.05) is 41.2 Å². The van der Waals surface area contributed by atoms with Crippen molar-refractivity contribution in [3.63, 3.8) is 0 Å². The zero-order chi connectivity index (χ0) is 23.2. The van der Waals surface area contributed by atoms with Gasteiger partial charge in [-0.3, -0.25) is 9.48 Å². The third-order valence-corrected chi connectivity index (χ3v) is 6.55. The second kappa shape index (κ2) is 8.12. The molecule has 0 radical (unpaired) electrons. The number of hydrogen-bond acceptors (Lipinski definition) is 5. The molecule has 5 rings (SSSR count). The molecule has 4 aromatic rings. The van der Waals surface area contributed by atoms with E-state index < -0.39 is 5.60 Å². The van der Waals surface area contributed by atoms with E-state index in [0.29, 0.717) is 22.3 Å². The molecule has 3 heterocycles. The molecule has 0 spiro atoms. The van der Waals surface area contributed by atoms with Gasteiger partial charge in [0.05, 0.1) is 34.4 Å². The van der Waals surface area contributed by atoms with E-state index in [-0.39, 0.29) is 17.9 Å². The van der Waals surface area contributed by atoms with Crippen LogP contribution >= 0.6 is 0 Å². The number of nitrogens with one attached hydrogen (secondary N) is 1. The van der Waals surface area contributed by atoms with Crippen LogP contribution in [0, 0.1) is 5.92 Å². The number of hydrogen-bond donors (Lipinski definition) is 2. The molecule has 0 bridgehead atoms. The van der Waals surface area contributed by atoms with Crippen LogP contribution in [0.1, 0.15) is 61.5 Å². The lowest BCUT2D eigenvalue weighted by Gasteiger charge is -2.25. The van der Waals surface area contributed by atoms with Gasteiger partial charge in [0.1, 0.15) is 6.29 Å². The van der Waals surface area contributed by atoms with E-state index >= 15 is 0 Å². The first-order chi connectivity index (χ1) is 15.8. The second-order valence-corrected chi connectivity index (χ2v) is 9.37. The lowest BCUT2D eigenvalue weighted by molar-refractivity contribution is -0.112. The third-order valence-electron chi connectivity index (χ3n) is 6.55. The summed E-state index contributed by atoms with van der Waals surface area (Å²) in [7, 11) is 0. The molecule has 1 saturated carbocycles. The number of anilines is 1. The van der Waals surface area contributed by atoms with E-state index in [2.05, 4.69) is 10.4 Å². The minimum atomic E-state index is -1.18. The fraction of sp³-hybridized carbons (Fsp3) is 0.360. The highest BCUT2D eigenvalue weighted by Crippen LogP contribution is 2.35. The Labute approximate surface area is 191 Å². The molecule has 0 unspecified atom stereocenters. The van der Waals surface area contributed by atoms with Crippen LogP contribution in [-0.4, -0.2) is 36.7 Å². The Bertz CT molecular complexity index is 1340. The predicted octanol–water partition coefficient (Wildman–Crippen LogP) is 4.09. The number of fused-ring (bicyclic) bond motifs is 2. The molecule has 1 fully saturated rings. The molecule has 1 aromatic carbocycles. The number of carbonyl (C=O) groups excluding carboxylic acids is 2. The van der Waals surface area contributed by atoms with Crippen molar-refractivity contribution in [1.82, 2.24) is 19.4 Å². The topological polar surface area (TPSA) is 102 Å². The normalized spacial score (nSPS) is 19.1. The summed E-state index contributed by atoms with van der Waals surface area (Å²) in [5, 5.41) is 23.7. The fourth-order valence-corrected chi connectivity index (χ4v) is 4.69. The Hall–Kier alpha value is -3.52. The lowest BCUT2D eigenvalue weighted by atomic mass is 9.87. The van der Waals surface area contributed by atoms with E-state index in [1.54, 1.807) is 30.8 Å². The summed E-state index contributed by atoms with van der Waals surface area (Å²) in [4.78, 5) is 24.2. The summed E-state index contributed by atoms with van der Waals surface area (Å²) in [5.74, 6) is -0.143. The Balaban J connectivity index is 1.49. The predicted molar refractivity (Wildman–Crippen MR) is 125 cm³/mol.